The van der Waals surface area contributed by atoms with E-state index >= 15 is 0 Å². The summed E-state index contributed by atoms with van der Waals surface area (Å²) < 4.78 is 6.48. The summed E-state index contributed by atoms with van der Waals surface area (Å²) in [7, 11) is 0. The monoisotopic (exact) mass is 622 g/mol. The van der Waals surface area contributed by atoms with Crippen LogP contribution in [-0.2, 0) is 9.59 Å². The molecule has 0 aliphatic rings. The summed E-state index contributed by atoms with van der Waals surface area (Å²) in [5.41, 5.74) is 3.77. The van der Waals surface area contributed by atoms with E-state index in [2.05, 4.69) is 20.9 Å². The molecule has 0 saturated carbocycles. The van der Waals surface area contributed by atoms with E-state index in [9.17, 15) is 14.4 Å². The molecule has 5 aromatic rings. The second-order valence-corrected chi connectivity index (χ2v) is 11.8. The van der Waals surface area contributed by atoms with E-state index in [1.54, 1.807) is 42.5 Å². The Kier molecular flexibility index (Phi) is 10.1. The van der Waals surface area contributed by atoms with E-state index in [-0.39, 0.29) is 23.3 Å². The predicted octanol–water partition coefficient (Wildman–Crippen LogP) is 7.14. The third kappa shape index (κ3) is 8.33. The summed E-state index contributed by atoms with van der Waals surface area (Å²) in [5.74, 6) is -0.0476. The van der Waals surface area contributed by atoms with Crippen molar-refractivity contribution in [3.8, 4) is 5.75 Å². The number of aryl methyl sites for hydroxylation is 1. The number of thiazole rings is 1. The van der Waals surface area contributed by atoms with Gasteiger partial charge >= 0.3 is 0 Å². The first-order chi connectivity index (χ1) is 21.4. The normalized spacial score (nSPS) is 11.2. The first-order valence-electron chi connectivity index (χ1n) is 13.9. The van der Waals surface area contributed by atoms with E-state index in [0.29, 0.717) is 23.0 Å². The van der Waals surface area contributed by atoms with Crippen molar-refractivity contribution in [2.45, 2.75) is 18.7 Å². The van der Waals surface area contributed by atoms with Crippen LogP contribution in [0.2, 0.25) is 0 Å². The van der Waals surface area contributed by atoms with Crippen molar-refractivity contribution >= 4 is 67.9 Å². The summed E-state index contributed by atoms with van der Waals surface area (Å²) in [6.45, 7) is 4.49. The van der Waals surface area contributed by atoms with Gasteiger partial charge in [0.15, 0.2) is 5.13 Å². The van der Waals surface area contributed by atoms with Crippen molar-refractivity contribution in [3.05, 3.63) is 119 Å². The average molecular weight is 623 g/mol. The second kappa shape index (κ2) is 14.5. The molecule has 4 aromatic carbocycles. The standard InChI is InChI=1S/C34H30N4O4S2/c1-3-42-26-15-18-28-30(20-26)44-34(37-28)38-31(39)21-43-27-16-13-25(14-17-27)35-33(41)29(19-23-11-9-22(2)10-12-23)36-32(40)24-7-5-4-6-8-24/h4-20H,3,21H2,1-2H3,(H,35,41)(H,36,40)(H,37,38,39)/b29-19-. The number of fused-ring (bicyclic) bond motifs is 1. The van der Waals surface area contributed by atoms with Gasteiger partial charge in [-0.15, -0.1) is 11.8 Å². The van der Waals surface area contributed by atoms with Crippen LogP contribution in [0.15, 0.2) is 108 Å². The van der Waals surface area contributed by atoms with E-state index in [1.165, 1.54) is 23.1 Å². The highest BCUT2D eigenvalue weighted by Gasteiger charge is 2.15. The predicted molar refractivity (Wildman–Crippen MR) is 178 cm³/mol. The van der Waals surface area contributed by atoms with Crippen LogP contribution in [0.5, 0.6) is 5.75 Å². The van der Waals surface area contributed by atoms with E-state index in [0.717, 1.165) is 32.0 Å². The van der Waals surface area contributed by atoms with Gasteiger partial charge in [0.1, 0.15) is 11.4 Å². The fraction of sp³-hybridized carbons (Fsp3) is 0.118. The Labute approximate surface area is 263 Å². The molecule has 0 fully saturated rings. The number of hydrogen-bond acceptors (Lipinski definition) is 7. The minimum absolute atomic E-state index is 0.113. The Bertz CT molecular complexity index is 1800. The van der Waals surface area contributed by atoms with Crippen molar-refractivity contribution < 1.29 is 19.1 Å². The lowest BCUT2D eigenvalue weighted by atomic mass is 10.1. The number of aromatic nitrogens is 1. The van der Waals surface area contributed by atoms with E-state index < -0.39 is 5.91 Å². The summed E-state index contributed by atoms with van der Waals surface area (Å²) >= 11 is 2.77. The van der Waals surface area contributed by atoms with Crippen molar-refractivity contribution in [2.75, 3.05) is 23.0 Å². The first kappa shape index (κ1) is 30.5. The molecule has 222 valence electrons. The quantitative estimate of drug-likeness (QED) is 0.107. The van der Waals surface area contributed by atoms with Crippen LogP contribution in [0, 0.1) is 6.92 Å². The van der Waals surface area contributed by atoms with Crippen LogP contribution in [0.3, 0.4) is 0 Å². The van der Waals surface area contributed by atoms with Gasteiger partial charge in [-0.2, -0.15) is 0 Å². The summed E-state index contributed by atoms with van der Waals surface area (Å²) in [6, 6.07) is 29.2. The summed E-state index contributed by atoms with van der Waals surface area (Å²) in [6.07, 6.45) is 1.64. The van der Waals surface area contributed by atoms with Crippen LogP contribution in [0.4, 0.5) is 10.8 Å². The maximum absolute atomic E-state index is 13.3. The number of benzene rings is 4. The summed E-state index contributed by atoms with van der Waals surface area (Å²) in [5, 5.41) is 9.00. The number of nitrogens with one attached hydrogen (secondary N) is 3. The second-order valence-electron chi connectivity index (χ2n) is 9.69. The number of amides is 3. The molecule has 0 unspecified atom stereocenters. The minimum Gasteiger partial charge on any atom is -0.494 e. The zero-order valence-corrected chi connectivity index (χ0v) is 25.8. The van der Waals surface area contributed by atoms with Crippen LogP contribution >= 0.6 is 23.1 Å². The zero-order valence-electron chi connectivity index (χ0n) is 24.1. The molecule has 0 aliphatic carbocycles. The maximum atomic E-state index is 13.3. The third-order valence-corrected chi connectivity index (χ3v) is 8.26. The molecule has 3 N–H and O–H groups in total. The molecule has 5 rings (SSSR count). The topological polar surface area (TPSA) is 109 Å². The Hall–Kier alpha value is -4.93. The lowest BCUT2D eigenvalue weighted by Crippen LogP contribution is -2.30. The molecule has 10 heteroatoms. The van der Waals surface area contributed by atoms with Gasteiger partial charge in [0.05, 0.1) is 22.6 Å². The maximum Gasteiger partial charge on any atom is 0.272 e. The Morgan fingerprint density at radius 1 is 0.909 bits per heavy atom. The van der Waals surface area contributed by atoms with Crippen molar-refractivity contribution in [3.63, 3.8) is 0 Å². The zero-order chi connectivity index (χ0) is 30.9. The molecular weight excluding hydrogens is 593 g/mol. The van der Waals surface area contributed by atoms with Gasteiger partial charge in [-0.05, 0) is 80.1 Å². The summed E-state index contributed by atoms with van der Waals surface area (Å²) in [4.78, 5) is 44.1. The van der Waals surface area contributed by atoms with Gasteiger partial charge in [0, 0.05) is 16.1 Å². The van der Waals surface area contributed by atoms with Gasteiger partial charge in [-0.3, -0.25) is 14.4 Å². The highest BCUT2D eigenvalue weighted by atomic mass is 32.2. The average Bonchev–Trinajstić information content (AvgIpc) is 3.43. The van der Waals surface area contributed by atoms with Gasteiger partial charge < -0.3 is 20.7 Å². The SMILES string of the molecule is CCOc1ccc2nc(NC(=O)CSc3ccc(NC(=O)/C(=C/c4ccc(C)cc4)NC(=O)c4ccccc4)cc3)sc2c1. The number of rotatable bonds is 11. The molecule has 1 heterocycles. The lowest BCUT2D eigenvalue weighted by Gasteiger charge is -2.12. The number of thioether (sulfide) groups is 1. The smallest absolute Gasteiger partial charge is 0.272 e. The molecule has 0 saturated heterocycles. The van der Waals surface area contributed by atoms with Crippen molar-refractivity contribution in [2.24, 2.45) is 0 Å². The Morgan fingerprint density at radius 3 is 2.39 bits per heavy atom. The molecule has 0 atom stereocenters. The third-order valence-electron chi connectivity index (χ3n) is 6.32. The number of carbonyl (C=O) groups excluding carboxylic acids is 3. The van der Waals surface area contributed by atoms with E-state index in [4.69, 9.17) is 4.74 Å². The molecule has 0 radical (unpaired) electrons. The van der Waals surface area contributed by atoms with Crippen LogP contribution in [0.1, 0.15) is 28.4 Å². The molecule has 8 nitrogen and oxygen atoms in total. The van der Waals surface area contributed by atoms with E-state index in [1.807, 2.05) is 74.5 Å². The van der Waals surface area contributed by atoms with Gasteiger partial charge in [-0.25, -0.2) is 4.98 Å². The van der Waals surface area contributed by atoms with Crippen LogP contribution in [0.25, 0.3) is 16.3 Å². The number of hydrogen-bond donors (Lipinski definition) is 3. The lowest BCUT2D eigenvalue weighted by molar-refractivity contribution is -0.114. The minimum atomic E-state index is -0.459. The van der Waals surface area contributed by atoms with Crippen LogP contribution < -0.4 is 20.7 Å². The molecule has 0 spiro atoms. The highest BCUT2D eigenvalue weighted by Crippen LogP contribution is 2.30. The molecule has 44 heavy (non-hydrogen) atoms. The number of nitrogens with zero attached hydrogens (tertiary/aromatic N) is 1. The molecule has 0 aliphatic heterocycles. The van der Waals surface area contributed by atoms with Gasteiger partial charge in [0.2, 0.25) is 5.91 Å². The van der Waals surface area contributed by atoms with Gasteiger partial charge in [0.25, 0.3) is 11.8 Å². The fourth-order valence-electron chi connectivity index (χ4n) is 4.12. The molecular formula is C34H30N4O4S2. The number of ether oxygens (including phenoxy) is 1. The molecule has 0 bridgehead atoms. The van der Waals surface area contributed by atoms with Crippen molar-refractivity contribution in [1.82, 2.24) is 10.3 Å². The van der Waals surface area contributed by atoms with Crippen molar-refractivity contribution in [1.29, 1.82) is 0 Å². The largest absolute Gasteiger partial charge is 0.494 e. The number of anilines is 2. The Morgan fingerprint density at radius 2 is 1.66 bits per heavy atom. The molecule has 3 amide bonds. The number of carbonyl (C=O) groups is 3. The fourth-order valence-corrected chi connectivity index (χ4v) is 5.73. The molecule has 1 aromatic heterocycles. The highest BCUT2D eigenvalue weighted by molar-refractivity contribution is 8.00. The van der Waals surface area contributed by atoms with Gasteiger partial charge in [-0.1, -0.05) is 59.4 Å². The Balaban J connectivity index is 1.19. The first-order valence-corrected chi connectivity index (χ1v) is 15.7. The van der Waals surface area contributed by atoms with Crippen LogP contribution in [-0.4, -0.2) is 35.1 Å².